The van der Waals surface area contributed by atoms with Crippen molar-refractivity contribution >= 4 is 37.4 Å². The van der Waals surface area contributed by atoms with Crippen molar-refractivity contribution < 1.29 is 8.78 Å². The van der Waals surface area contributed by atoms with E-state index >= 15 is 0 Å². The maximum absolute atomic E-state index is 12.5. The van der Waals surface area contributed by atoms with Crippen molar-refractivity contribution in [3.63, 3.8) is 0 Å². The molecule has 0 aliphatic heterocycles. The average Bonchev–Trinajstić information content (AvgIpc) is 2.57. The summed E-state index contributed by atoms with van der Waals surface area (Å²) in [5, 5.41) is 0.880. The molecule has 0 unspecified atom stereocenters. The Hall–Kier alpha value is -0.480. The lowest BCUT2D eigenvalue weighted by Crippen LogP contribution is -1.73. The van der Waals surface area contributed by atoms with Crippen molar-refractivity contribution in [1.82, 2.24) is 0 Å². The quantitative estimate of drug-likeness (QED) is 0.694. The molecule has 4 heteroatoms. The summed E-state index contributed by atoms with van der Waals surface area (Å²) < 4.78 is 26.7. The highest BCUT2D eigenvalue weighted by Gasteiger charge is 2.13. The molecule has 0 spiro atoms. The van der Waals surface area contributed by atoms with Crippen LogP contribution in [0.1, 0.15) is 16.9 Å². The highest BCUT2D eigenvalue weighted by Crippen LogP contribution is 2.37. The van der Waals surface area contributed by atoms with Gasteiger partial charge in [-0.25, -0.2) is 8.78 Å². The van der Waals surface area contributed by atoms with Crippen LogP contribution in [-0.2, 0) is 0 Å². The van der Waals surface area contributed by atoms with Gasteiger partial charge in [0.2, 0.25) is 0 Å². The SMILES string of the molecule is Cc1ccc(Br)c2cc(C(F)F)sc12. The first-order valence-corrected chi connectivity index (χ1v) is 5.67. The number of rotatable bonds is 1. The normalized spacial score (nSPS) is 11.5. The van der Waals surface area contributed by atoms with Gasteiger partial charge in [0.15, 0.2) is 0 Å². The molecule has 1 heterocycles. The maximum atomic E-state index is 12.5. The Bertz CT molecular complexity index is 437. The standard InChI is InChI=1S/C10H7BrF2S/c1-5-2-3-7(11)6-4-8(10(12)13)14-9(5)6/h2-4,10H,1H3. The average molecular weight is 277 g/mol. The van der Waals surface area contributed by atoms with Gasteiger partial charge in [0.1, 0.15) is 0 Å². The van der Waals surface area contributed by atoms with Crippen LogP contribution in [0.15, 0.2) is 22.7 Å². The van der Waals surface area contributed by atoms with Crippen molar-refractivity contribution in [2.24, 2.45) is 0 Å². The first kappa shape index (κ1) is 10.1. The Balaban J connectivity index is 2.75. The number of hydrogen-bond acceptors (Lipinski definition) is 1. The van der Waals surface area contributed by atoms with Crippen LogP contribution in [0.3, 0.4) is 0 Å². The zero-order valence-corrected chi connectivity index (χ0v) is 9.75. The molecular formula is C10H7BrF2S. The highest BCUT2D eigenvalue weighted by atomic mass is 79.9. The monoisotopic (exact) mass is 276 g/mol. The molecule has 0 aliphatic carbocycles. The van der Waals surface area contributed by atoms with E-state index in [2.05, 4.69) is 15.9 Å². The minimum atomic E-state index is -2.38. The van der Waals surface area contributed by atoms with Gasteiger partial charge in [0.25, 0.3) is 6.43 Å². The fraction of sp³-hybridized carbons (Fsp3) is 0.200. The molecule has 0 aliphatic rings. The van der Waals surface area contributed by atoms with E-state index < -0.39 is 6.43 Å². The van der Waals surface area contributed by atoms with Crippen LogP contribution in [0.25, 0.3) is 10.1 Å². The van der Waals surface area contributed by atoms with Crippen LogP contribution < -0.4 is 0 Å². The Labute approximate surface area is 92.7 Å². The Kier molecular flexibility index (Phi) is 2.58. The van der Waals surface area contributed by atoms with Crippen LogP contribution in [0.5, 0.6) is 0 Å². The predicted octanol–water partition coefficient (Wildman–Crippen LogP) is 4.91. The van der Waals surface area contributed by atoms with Gasteiger partial charge < -0.3 is 0 Å². The molecule has 0 saturated heterocycles. The third-order valence-corrected chi connectivity index (χ3v) is 4.03. The zero-order valence-electron chi connectivity index (χ0n) is 7.35. The molecule has 0 atom stereocenters. The number of hydrogen-bond donors (Lipinski definition) is 0. The first-order chi connectivity index (χ1) is 6.59. The molecule has 0 radical (unpaired) electrons. The largest absolute Gasteiger partial charge is 0.272 e. The van der Waals surface area contributed by atoms with Crippen LogP contribution in [-0.4, -0.2) is 0 Å². The second-order valence-electron chi connectivity index (χ2n) is 3.06. The summed E-state index contributed by atoms with van der Waals surface area (Å²) in [5.41, 5.74) is 1.04. The lowest BCUT2D eigenvalue weighted by molar-refractivity contribution is 0.156. The van der Waals surface area contributed by atoms with E-state index in [0.29, 0.717) is 0 Å². The minimum absolute atomic E-state index is 0.134. The van der Waals surface area contributed by atoms with E-state index in [4.69, 9.17) is 0 Å². The van der Waals surface area contributed by atoms with Crippen molar-refractivity contribution in [2.45, 2.75) is 13.3 Å². The van der Waals surface area contributed by atoms with E-state index in [1.165, 1.54) is 11.3 Å². The Morgan fingerprint density at radius 3 is 2.64 bits per heavy atom. The van der Waals surface area contributed by atoms with Crippen molar-refractivity contribution in [3.8, 4) is 0 Å². The summed E-state index contributed by atoms with van der Waals surface area (Å²) in [4.78, 5) is 0.134. The van der Waals surface area contributed by atoms with Gasteiger partial charge in [0, 0.05) is 14.6 Å². The zero-order chi connectivity index (χ0) is 10.3. The van der Waals surface area contributed by atoms with Gasteiger partial charge >= 0.3 is 0 Å². The summed E-state index contributed by atoms with van der Waals surface area (Å²) >= 11 is 4.52. The van der Waals surface area contributed by atoms with Gasteiger partial charge in [-0.05, 0) is 24.6 Å². The molecule has 1 aromatic carbocycles. The van der Waals surface area contributed by atoms with Crippen molar-refractivity contribution in [2.75, 3.05) is 0 Å². The summed E-state index contributed by atoms with van der Waals surface area (Å²) in [5.74, 6) is 0. The van der Waals surface area contributed by atoms with E-state index in [0.717, 1.165) is 20.1 Å². The summed E-state index contributed by atoms with van der Waals surface area (Å²) in [6.45, 7) is 1.93. The Morgan fingerprint density at radius 1 is 1.36 bits per heavy atom. The molecule has 0 N–H and O–H groups in total. The van der Waals surface area contributed by atoms with E-state index in [-0.39, 0.29) is 4.88 Å². The smallest absolute Gasteiger partial charge is 0.204 e. The molecule has 2 rings (SSSR count). The molecule has 0 fully saturated rings. The number of thiophene rings is 1. The second kappa shape index (κ2) is 3.59. The number of halogens is 3. The number of fused-ring (bicyclic) bond motifs is 1. The van der Waals surface area contributed by atoms with Crippen LogP contribution >= 0.6 is 27.3 Å². The predicted molar refractivity (Wildman–Crippen MR) is 59.2 cm³/mol. The first-order valence-electron chi connectivity index (χ1n) is 4.06. The third-order valence-electron chi connectivity index (χ3n) is 2.06. The highest BCUT2D eigenvalue weighted by molar-refractivity contribution is 9.10. The van der Waals surface area contributed by atoms with Gasteiger partial charge in [-0.1, -0.05) is 22.0 Å². The fourth-order valence-corrected chi connectivity index (χ4v) is 2.94. The van der Waals surface area contributed by atoms with Crippen molar-refractivity contribution in [1.29, 1.82) is 0 Å². The summed E-state index contributed by atoms with van der Waals surface area (Å²) in [7, 11) is 0. The molecule has 0 bridgehead atoms. The van der Waals surface area contributed by atoms with Gasteiger partial charge in [0.05, 0.1) is 4.88 Å². The molecule has 0 saturated carbocycles. The number of aryl methyl sites for hydroxylation is 1. The number of benzene rings is 1. The maximum Gasteiger partial charge on any atom is 0.272 e. The molecule has 2 aromatic rings. The van der Waals surface area contributed by atoms with E-state index in [9.17, 15) is 8.78 Å². The second-order valence-corrected chi connectivity index (χ2v) is 4.99. The molecule has 74 valence electrons. The lowest BCUT2D eigenvalue weighted by atomic mass is 10.2. The molecule has 14 heavy (non-hydrogen) atoms. The molecule has 0 amide bonds. The van der Waals surface area contributed by atoms with Crippen LogP contribution in [0.2, 0.25) is 0 Å². The van der Waals surface area contributed by atoms with Crippen LogP contribution in [0, 0.1) is 6.92 Å². The summed E-state index contributed by atoms with van der Waals surface area (Å²) in [6, 6.07) is 5.37. The summed E-state index contributed by atoms with van der Waals surface area (Å²) in [6.07, 6.45) is -2.38. The molecular weight excluding hydrogens is 270 g/mol. The van der Waals surface area contributed by atoms with Gasteiger partial charge in [-0.2, -0.15) is 0 Å². The third kappa shape index (κ3) is 1.57. The minimum Gasteiger partial charge on any atom is -0.204 e. The lowest BCUT2D eigenvalue weighted by Gasteiger charge is -1.96. The van der Waals surface area contributed by atoms with Gasteiger partial charge in [-0.15, -0.1) is 11.3 Å². The molecule has 1 aromatic heterocycles. The van der Waals surface area contributed by atoms with E-state index in [1.807, 2.05) is 19.1 Å². The van der Waals surface area contributed by atoms with Crippen molar-refractivity contribution in [3.05, 3.63) is 33.1 Å². The van der Waals surface area contributed by atoms with E-state index in [1.54, 1.807) is 6.07 Å². The topological polar surface area (TPSA) is 0 Å². The Morgan fingerprint density at radius 2 is 2.07 bits per heavy atom. The fourth-order valence-electron chi connectivity index (χ4n) is 1.35. The number of alkyl halides is 2. The van der Waals surface area contributed by atoms with Gasteiger partial charge in [-0.3, -0.25) is 0 Å². The van der Waals surface area contributed by atoms with Crippen LogP contribution in [0.4, 0.5) is 8.78 Å². The molecule has 0 nitrogen and oxygen atoms in total.